The van der Waals surface area contributed by atoms with E-state index in [1.165, 1.54) is 11.3 Å². The molecule has 0 unspecified atom stereocenters. The van der Waals surface area contributed by atoms with E-state index in [1.54, 1.807) is 30.3 Å². The first-order valence-electron chi connectivity index (χ1n) is 5.59. The van der Waals surface area contributed by atoms with Crippen LogP contribution in [0.2, 0.25) is 0 Å². The summed E-state index contributed by atoms with van der Waals surface area (Å²) >= 11 is 8.01. The summed E-state index contributed by atoms with van der Waals surface area (Å²) in [6.45, 7) is 0. The predicted octanol–water partition coefficient (Wildman–Crippen LogP) is 3.90. The lowest BCUT2D eigenvalue weighted by atomic mass is 10.2. The Morgan fingerprint density at radius 1 is 1.19 bits per heavy atom. The number of thiophene rings is 1. The summed E-state index contributed by atoms with van der Waals surface area (Å²) in [6, 6.07) is 8.29. The minimum atomic E-state index is -3.42. The Morgan fingerprint density at radius 3 is 2.33 bits per heavy atom. The van der Waals surface area contributed by atoms with Gasteiger partial charge < -0.3 is 5.32 Å². The molecule has 2 aromatic rings. The summed E-state index contributed by atoms with van der Waals surface area (Å²) in [5.74, 6) is -0.327. The van der Waals surface area contributed by atoms with E-state index in [0.717, 1.165) is 10.0 Å². The van der Waals surface area contributed by atoms with Gasteiger partial charge in [-0.2, -0.15) is 0 Å². The lowest BCUT2D eigenvalue weighted by Gasteiger charge is -2.11. The zero-order valence-electron chi connectivity index (χ0n) is 10.7. The zero-order valence-corrected chi connectivity index (χ0v) is 15.5. The van der Waals surface area contributed by atoms with E-state index in [1.807, 2.05) is 0 Å². The van der Waals surface area contributed by atoms with Crippen molar-refractivity contribution < 1.29 is 13.2 Å². The molecule has 0 aliphatic heterocycles. The van der Waals surface area contributed by atoms with Crippen LogP contribution < -0.4 is 10.0 Å². The van der Waals surface area contributed by atoms with Crippen LogP contribution in [0, 0.1) is 0 Å². The molecule has 0 atom stereocenters. The summed E-state index contributed by atoms with van der Waals surface area (Å²) in [5, 5.41) is 2.69. The average molecular weight is 454 g/mol. The smallest absolute Gasteiger partial charge is 0.257 e. The lowest BCUT2D eigenvalue weighted by molar-refractivity contribution is 0.102. The number of halogens is 2. The number of nitrogens with one attached hydrogen (secondary N) is 2. The second kappa shape index (κ2) is 6.47. The van der Waals surface area contributed by atoms with Gasteiger partial charge >= 0.3 is 0 Å². The maximum atomic E-state index is 12.2. The van der Waals surface area contributed by atoms with Crippen molar-refractivity contribution in [2.24, 2.45) is 0 Å². The molecule has 2 N–H and O–H groups in total. The minimum absolute atomic E-state index is 0.318. The number of carbonyl (C=O) groups excluding carboxylic acids is 1. The Morgan fingerprint density at radius 2 is 1.81 bits per heavy atom. The molecule has 1 heterocycles. The highest BCUT2D eigenvalue weighted by Crippen LogP contribution is 2.33. The van der Waals surface area contributed by atoms with E-state index in [9.17, 15) is 13.2 Å². The Kier molecular flexibility index (Phi) is 5.07. The number of anilines is 2. The van der Waals surface area contributed by atoms with Crippen LogP contribution in [0.25, 0.3) is 0 Å². The van der Waals surface area contributed by atoms with Crippen LogP contribution in [0.3, 0.4) is 0 Å². The first kappa shape index (κ1) is 16.5. The van der Waals surface area contributed by atoms with E-state index in [4.69, 9.17) is 0 Å². The number of benzene rings is 1. The fourth-order valence-corrected chi connectivity index (χ4v) is 4.94. The zero-order chi connectivity index (χ0) is 15.6. The van der Waals surface area contributed by atoms with Gasteiger partial charge in [0.05, 0.1) is 30.8 Å². The molecule has 2 rings (SSSR count). The van der Waals surface area contributed by atoms with Gasteiger partial charge in [-0.25, -0.2) is 8.42 Å². The highest BCUT2D eigenvalue weighted by atomic mass is 79.9. The standard InChI is InChI=1S/C12H10Br2N2O3S2/c1-21(18,19)16-9-5-3-2-4-8(9)15-12(17)7-6-10(13)20-11(7)14/h2-6,16H,1H3,(H,15,17). The monoisotopic (exact) mass is 452 g/mol. The summed E-state index contributed by atoms with van der Waals surface area (Å²) in [4.78, 5) is 12.2. The average Bonchev–Trinajstić information content (AvgIpc) is 2.69. The van der Waals surface area contributed by atoms with Crippen molar-refractivity contribution in [3.05, 3.63) is 43.5 Å². The molecule has 0 fully saturated rings. The second-order valence-electron chi connectivity index (χ2n) is 4.11. The number of rotatable bonds is 4. The van der Waals surface area contributed by atoms with Gasteiger partial charge in [-0.05, 0) is 50.1 Å². The van der Waals surface area contributed by atoms with Crippen molar-refractivity contribution >= 4 is 70.5 Å². The molecule has 0 bridgehead atoms. The van der Waals surface area contributed by atoms with Crippen LogP contribution in [0.4, 0.5) is 11.4 Å². The SMILES string of the molecule is CS(=O)(=O)Nc1ccccc1NC(=O)c1cc(Br)sc1Br. The Hall–Kier alpha value is -0.900. The van der Waals surface area contributed by atoms with Gasteiger partial charge in [0, 0.05) is 0 Å². The van der Waals surface area contributed by atoms with Crippen LogP contribution in [0.5, 0.6) is 0 Å². The summed E-state index contributed by atoms with van der Waals surface area (Å²) < 4.78 is 26.5. The van der Waals surface area contributed by atoms with Crippen molar-refractivity contribution in [1.82, 2.24) is 0 Å². The van der Waals surface area contributed by atoms with Crippen LogP contribution >= 0.6 is 43.2 Å². The fourth-order valence-electron chi connectivity index (χ4n) is 1.57. The second-order valence-corrected chi connectivity index (χ2v) is 9.61. The third-order valence-corrected chi connectivity index (χ3v) is 5.30. The van der Waals surface area contributed by atoms with Crippen molar-refractivity contribution in [2.45, 2.75) is 0 Å². The minimum Gasteiger partial charge on any atom is -0.320 e. The number of hydrogen-bond donors (Lipinski definition) is 2. The Bertz CT molecular complexity index is 788. The molecule has 1 aromatic carbocycles. The number of carbonyl (C=O) groups is 1. The largest absolute Gasteiger partial charge is 0.320 e. The molecule has 1 amide bonds. The maximum absolute atomic E-state index is 12.2. The molecule has 0 radical (unpaired) electrons. The quantitative estimate of drug-likeness (QED) is 0.737. The molecule has 9 heteroatoms. The fraction of sp³-hybridized carbons (Fsp3) is 0.0833. The van der Waals surface area contributed by atoms with Gasteiger partial charge in [0.1, 0.15) is 0 Å². The normalized spacial score (nSPS) is 11.2. The predicted molar refractivity (Wildman–Crippen MR) is 92.6 cm³/mol. The van der Waals surface area contributed by atoms with E-state index in [-0.39, 0.29) is 5.91 Å². The molecule has 112 valence electrons. The number of hydrogen-bond acceptors (Lipinski definition) is 4. The van der Waals surface area contributed by atoms with Crippen molar-refractivity contribution in [3.8, 4) is 0 Å². The molecular formula is C12H10Br2N2O3S2. The molecule has 0 saturated carbocycles. The van der Waals surface area contributed by atoms with E-state index >= 15 is 0 Å². The Labute approximate surface area is 143 Å². The van der Waals surface area contributed by atoms with Crippen molar-refractivity contribution in [2.75, 3.05) is 16.3 Å². The highest BCUT2D eigenvalue weighted by Gasteiger charge is 2.16. The molecule has 5 nitrogen and oxygen atoms in total. The molecular weight excluding hydrogens is 444 g/mol. The van der Waals surface area contributed by atoms with E-state index < -0.39 is 10.0 Å². The maximum Gasteiger partial charge on any atom is 0.257 e. The summed E-state index contributed by atoms with van der Waals surface area (Å²) in [5.41, 5.74) is 1.18. The topological polar surface area (TPSA) is 75.3 Å². The van der Waals surface area contributed by atoms with Gasteiger partial charge in [-0.1, -0.05) is 12.1 Å². The van der Waals surface area contributed by atoms with Crippen molar-refractivity contribution in [3.63, 3.8) is 0 Å². The van der Waals surface area contributed by atoms with Gasteiger partial charge in [-0.15, -0.1) is 11.3 Å². The first-order valence-corrected chi connectivity index (χ1v) is 9.88. The number of para-hydroxylation sites is 2. The molecule has 0 saturated heterocycles. The van der Waals surface area contributed by atoms with Crippen LogP contribution in [0.15, 0.2) is 37.9 Å². The van der Waals surface area contributed by atoms with Gasteiger partial charge in [0.15, 0.2) is 0 Å². The molecule has 0 aliphatic carbocycles. The van der Waals surface area contributed by atoms with Gasteiger partial charge in [-0.3, -0.25) is 9.52 Å². The molecule has 0 aliphatic rings. The number of sulfonamides is 1. The summed E-state index contributed by atoms with van der Waals surface area (Å²) in [7, 11) is -3.42. The van der Waals surface area contributed by atoms with Crippen LogP contribution in [0.1, 0.15) is 10.4 Å². The van der Waals surface area contributed by atoms with Crippen molar-refractivity contribution in [1.29, 1.82) is 0 Å². The highest BCUT2D eigenvalue weighted by molar-refractivity contribution is 9.12. The third kappa shape index (κ3) is 4.53. The van der Waals surface area contributed by atoms with E-state index in [2.05, 4.69) is 41.9 Å². The Balaban J connectivity index is 2.28. The van der Waals surface area contributed by atoms with Gasteiger partial charge in [0.2, 0.25) is 10.0 Å². The van der Waals surface area contributed by atoms with Crippen LogP contribution in [-0.2, 0) is 10.0 Å². The molecule has 1 aromatic heterocycles. The first-order chi connectivity index (χ1) is 9.76. The van der Waals surface area contributed by atoms with Gasteiger partial charge in [0.25, 0.3) is 5.91 Å². The molecule has 0 spiro atoms. The third-order valence-electron chi connectivity index (χ3n) is 2.37. The van der Waals surface area contributed by atoms with E-state index in [0.29, 0.717) is 20.7 Å². The lowest BCUT2D eigenvalue weighted by Crippen LogP contribution is -2.15. The number of amides is 1. The molecule has 21 heavy (non-hydrogen) atoms. The van der Waals surface area contributed by atoms with Crippen LogP contribution in [-0.4, -0.2) is 20.6 Å². The summed E-state index contributed by atoms with van der Waals surface area (Å²) in [6.07, 6.45) is 1.05.